The summed E-state index contributed by atoms with van der Waals surface area (Å²) in [7, 11) is 0. The van der Waals surface area contributed by atoms with Crippen molar-refractivity contribution in [3.05, 3.63) is 65.2 Å². The summed E-state index contributed by atoms with van der Waals surface area (Å²) in [5.41, 5.74) is 4.13. The molecule has 3 rings (SSSR count). The predicted molar refractivity (Wildman–Crippen MR) is 99.7 cm³/mol. The molecule has 1 unspecified atom stereocenters. The van der Waals surface area contributed by atoms with Crippen LogP contribution in [0.2, 0.25) is 0 Å². The van der Waals surface area contributed by atoms with Crippen LogP contribution >= 0.6 is 0 Å². The third-order valence-corrected chi connectivity index (χ3v) is 4.58. The number of nitrogens with one attached hydrogen (secondary N) is 2. The van der Waals surface area contributed by atoms with Crippen LogP contribution in [-0.2, 0) is 17.6 Å². The first-order chi connectivity index (χ1) is 12.1. The summed E-state index contributed by atoms with van der Waals surface area (Å²) in [6, 6.07) is 14.9. The number of carbonyl (C=O) groups is 2. The highest BCUT2D eigenvalue weighted by Gasteiger charge is 2.17. The quantitative estimate of drug-likeness (QED) is 0.874. The zero-order chi connectivity index (χ0) is 17.6. The molecule has 1 aliphatic rings. The van der Waals surface area contributed by atoms with Crippen LogP contribution in [0.4, 0.5) is 5.69 Å². The topological polar surface area (TPSA) is 58.2 Å². The molecule has 2 aromatic rings. The second-order valence-corrected chi connectivity index (χ2v) is 6.64. The molecular formula is C21H24N2O2. The predicted octanol–water partition coefficient (Wildman–Crippen LogP) is 3.71. The van der Waals surface area contributed by atoms with E-state index < -0.39 is 0 Å². The van der Waals surface area contributed by atoms with Crippen molar-refractivity contribution in [2.24, 2.45) is 0 Å². The Balaban J connectivity index is 1.57. The smallest absolute Gasteiger partial charge is 0.251 e. The summed E-state index contributed by atoms with van der Waals surface area (Å²) in [6.07, 6.45) is 4.74. The number of rotatable bonds is 5. The van der Waals surface area contributed by atoms with E-state index in [1.165, 1.54) is 24.0 Å². The van der Waals surface area contributed by atoms with E-state index in [9.17, 15) is 9.59 Å². The van der Waals surface area contributed by atoms with Crippen LogP contribution in [0, 0.1) is 0 Å². The van der Waals surface area contributed by atoms with Crippen molar-refractivity contribution in [2.45, 2.75) is 45.1 Å². The van der Waals surface area contributed by atoms with E-state index >= 15 is 0 Å². The Bertz CT molecular complexity index is 756. The number of fused-ring (bicyclic) bond motifs is 1. The van der Waals surface area contributed by atoms with Gasteiger partial charge in [0.1, 0.15) is 0 Å². The van der Waals surface area contributed by atoms with Gasteiger partial charge in [-0.3, -0.25) is 9.59 Å². The van der Waals surface area contributed by atoms with E-state index in [0.29, 0.717) is 5.56 Å². The van der Waals surface area contributed by atoms with Crippen LogP contribution in [0.5, 0.6) is 0 Å². The Morgan fingerprint density at radius 2 is 1.76 bits per heavy atom. The zero-order valence-electron chi connectivity index (χ0n) is 14.5. The largest absolute Gasteiger partial charge is 0.349 e. The Hall–Kier alpha value is -2.62. The van der Waals surface area contributed by atoms with Gasteiger partial charge in [0.2, 0.25) is 5.91 Å². The van der Waals surface area contributed by atoms with Crippen LogP contribution in [0.25, 0.3) is 0 Å². The van der Waals surface area contributed by atoms with Crippen molar-refractivity contribution in [1.29, 1.82) is 0 Å². The molecule has 0 aliphatic heterocycles. The number of amides is 2. The van der Waals surface area contributed by atoms with E-state index in [2.05, 4.69) is 16.7 Å². The van der Waals surface area contributed by atoms with E-state index in [1.807, 2.05) is 37.3 Å². The second-order valence-electron chi connectivity index (χ2n) is 6.64. The van der Waals surface area contributed by atoms with Crippen LogP contribution in [0.3, 0.4) is 0 Å². The van der Waals surface area contributed by atoms with Gasteiger partial charge in [-0.15, -0.1) is 0 Å². The van der Waals surface area contributed by atoms with E-state index in [1.54, 1.807) is 12.1 Å². The average molecular weight is 336 g/mol. The van der Waals surface area contributed by atoms with Gasteiger partial charge in [0.05, 0.1) is 0 Å². The first-order valence-electron chi connectivity index (χ1n) is 8.90. The van der Waals surface area contributed by atoms with Gasteiger partial charge in [0, 0.05) is 23.7 Å². The van der Waals surface area contributed by atoms with E-state index in [-0.39, 0.29) is 24.3 Å². The molecule has 2 aromatic carbocycles. The zero-order valence-corrected chi connectivity index (χ0v) is 14.5. The van der Waals surface area contributed by atoms with Crippen LogP contribution in [0.15, 0.2) is 48.5 Å². The average Bonchev–Trinajstić information content (AvgIpc) is 2.62. The van der Waals surface area contributed by atoms with Crippen molar-refractivity contribution in [3.8, 4) is 0 Å². The molecule has 130 valence electrons. The highest BCUT2D eigenvalue weighted by atomic mass is 16.2. The van der Waals surface area contributed by atoms with Gasteiger partial charge in [0.25, 0.3) is 5.91 Å². The fourth-order valence-corrected chi connectivity index (χ4v) is 3.33. The standard InChI is InChI=1S/C21H24N2O2/c1-15(22-21(25)17-9-3-2-4-10-17)14-20(24)23-19-13-7-11-16-8-5-6-12-18(16)19/h2-4,7,9-11,13,15H,5-6,8,12,14H2,1H3,(H,22,25)(H,23,24). The fraction of sp³-hybridized carbons (Fsp3) is 0.333. The van der Waals surface area contributed by atoms with Gasteiger partial charge in [-0.05, 0) is 61.9 Å². The molecule has 2 amide bonds. The van der Waals surface area contributed by atoms with Gasteiger partial charge in [0.15, 0.2) is 0 Å². The minimum atomic E-state index is -0.229. The summed E-state index contributed by atoms with van der Waals surface area (Å²) in [4.78, 5) is 24.5. The molecule has 1 aliphatic carbocycles. The lowest BCUT2D eigenvalue weighted by atomic mass is 9.90. The SMILES string of the molecule is CC(CC(=O)Nc1cccc2c1CCCC2)NC(=O)c1ccccc1. The first-order valence-corrected chi connectivity index (χ1v) is 8.90. The van der Waals surface area contributed by atoms with Crippen molar-refractivity contribution < 1.29 is 9.59 Å². The van der Waals surface area contributed by atoms with E-state index in [4.69, 9.17) is 0 Å². The Labute approximate surface area is 148 Å². The molecule has 0 aromatic heterocycles. The molecule has 4 heteroatoms. The monoisotopic (exact) mass is 336 g/mol. The number of benzene rings is 2. The minimum Gasteiger partial charge on any atom is -0.349 e. The van der Waals surface area contributed by atoms with Gasteiger partial charge >= 0.3 is 0 Å². The van der Waals surface area contributed by atoms with Crippen molar-refractivity contribution in [2.75, 3.05) is 5.32 Å². The Morgan fingerprint density at radius 3 is 2.56 bits per heavy atom. The molecule has 0 radical (unpaired) electrons. The van der Waals surface area contributed by atoms with Gasteiger partial charge in [-0.25, -0.2) is 0 Å². The van der Waals surface area contributed by atoms with Crippen LogP contribution < -0.4 is 10.6 Å². The van der Waals surface area contributed by atoms with Gasteiger partial charge in [-0.1, -0.05) is 30.3 Å². The lowest BCUT2D eigenvalue weighted by Gasteiger charge is -2.20. The molecule has 2 N–H and O–H groups in total. The maximum Gasteiger partial charge on any atom is 0.251 e. The van der Waals surface area contributed by atoms with E-state index in [0.717, 1.165) is 18.5 Å². The first kappa shape index (κ1) is 17.2. The van der Waals surface area contributed by atoms with Crippen LogP contribution in [-0.4, -0.2) is 17.9 Å². The number of hydrogen-bond acceptors (Lipinski definition) is 2. The maximum absolute atomic E-state index is 12.4. The molecular weight excluding hydrogens is 312 g/mol. The molecule has 0 saturated carbocycles. The van der Waals surface area contributed by atoms with Crippen molar-refractivity contribution in [3.63, 3.8) is 0 Å². The molecule has 0 heterocycles. The Morgan fingerprint density at radius 1 is 1.00 bits per heavy atom. The third-order valence-electron chi connectivity index (χ3n) is 4.58. The lowest BCUT2D eigenvalue weighted by Crippen LogP contribution is -2.35. The van der Waals surface area contributed by atoms with Gasteiger partial charge in [-0.2, -0.15) is 0 Å². The summed E-state index contributed by atoms with van der Waals surface area (Å²) in [5.74, 6) is -0.224. The van der Waals surface area contributed by atoms with Crippen LogP contribution in [0.1, 0.15) is 47.7 Å². The highest BCUT2D eigenvalue weighted by Crippen LogP contribution is 2.27. The fourth-order valence-electron chi connectivity index (χ4n) is 3.33. The Kier molecular flexibility index (Phi) is 5.49. The molecule has 1 atom stereocenters. The highest BCUT2D eigenvalue weighted by molar-refractivity contribution is 5.95. The molecule has 0 fully saturated rings. The second kappa shape index (κ2) is 7.97. The number of carbonyl (C=O) groups excluding carboxylic acids is 2. The molecule has 0 bridgehead atoms. The number of hydrogen-bond donors (Lipinski definition) is 2. The minimum absolute atomic E-state index is 0.0696. The number of aryl methyl sites for hydroxylation is 1. The molecule has 4 nitrogen and oxygen atoms in total. The summed E-state index contributed by atoms with van der Waals surface area (Å²) in [6.45, 7) is 1.85. The van der Waals surface area contributed by atoms with Gasteiger partial charge < -0.3 is 10.6 Å². The summed E-state index contributed by atoms with van der Waals surface area (Å²) < 4.78 is 0. The summed E-state index contributed by atoms with van der Waals surface area (Å²) >= 11 is 0. The molecule has 0 saturated heterocycles. The summed E-state index contributed by atoms with van der Waals surface area (Å²) in [5, 5.41) is 5.90. The molecule has 0 spiro atoms. The number of anilines is 1. The lowest BCUT2D eigenvalue weighted by molar-refractivity contribution is -0.116. The van der Waals surface area contributed by atoms with Crippen molar-refractivity contribution in [1.82, 2.24) is 5.32 Å². The molecule has 25 heavy (non-hydrogen) atoms. The normalized spacial score (nSPS) is 14.3. The maximum atomic E-state index is 12.4. The third kappa shape index (κ3) is 4.47. The van der Waals surface area contributed by atoms with Crippen molar-refractivity contribution >= 4 is 17.5 Å².